The second-order valence-electron chi connectivity index (χ2n) is 5.49. The number of hydrogen-bond donors (Lipinski definition) is 4. The Morgan fingerprint density at radius 1 is 1.21 bits per heavy atom. The summed E-state index contributed by atoms with van der Waals surface area (Å²) in [6, 6.07) is 8.91. The van der Waals surface area contributed by atoms with Crippen LogP contribution in [-0.2, 0) is 0 Å². The molecule has 122 valence electrons. The molecule has 0 radical (unpaired) electrons. The number of rotatable bonds is 4. The highest BCUT2D eigenvalue weighted by Gasteiger charge is 2.11. The number of nitrogens with zero attached hydrogens (tertiary/aromatic N) is 2. The number of phenolic OH excluding ortho intramolecular Hbond substituents is 1. The van der Waals surface area contributed by atoms with Crippen LogP contribution >= 0.6 is 0 Å². The monoisotopic (exact) mass is 321 g/mol. The van der Waals surface area contributed by atoms with Crippen molar-refractivity contribution < 1.29 is 5.11 Å². The maximum Gasteiger partial charge on any atom is 0.125 e. The first-order valence-corrected chi connectivity index (χ1v) is 7.73. The molecule has 0 fully saturated rings. The molecule has 3 rings (SSSR count). The van der Waals surface area contributed by atoms with Crippen molar-refractivity contribution in [3.05, 3.63) is 53.9 Å². The molecule has 0 spiro atoms. The van der Waals surface area contributed by atoms with Crippen LogP contribution in [0, 0.1) is 5.41 Å². The van der Waals surface area contributed by atoms with Gasteiger partial charge in [0.1, 0.15) is 5.75 Å². The maximum absolute atomic E-state index is 10.3. The van der Waals surface area contributed by atoms with Gasteiger partial charge in [0.05, 0.1) is 11.4 Å². The Kier molecular flexibility index (Phi) is 4.67. The van der Waals surface area contributed by atoms with Gasteiger partial charge in [-0.1, -0.05) is 12.1 Å². The quantitative estimate of drug-likeness (QED) is 0.646. The molecule has 1 aliphatic heterocycles. The molecule has 2 heterocycles. The topological polar surface area (TPSA) is 108 Å². The SMILES string of the molecule is N=C/C(=C\N)c1ccc(-c2ccc(C3=CCNCC3)nn2)c(O)c1. The first-order chi connectivity index (χ1) is 11.7. The molecule has 6 nitrogen and oxygen atoms in total. The first-order valence-electron chi connectivity index (χ1n) is 7.73. The summed E-state index contributed by atoms with van der Waals surface area (Å²) in [4.78, 5) is 0. The van der Waals surface area contributed by atoms with E-state index in [2.05, 4.69) is 21.6 Å². The largest absolute Gasteiger partial charge is 0.507 e. The number of nitrogens with one attached hydrogen (secondary N) is 2. The Morgan fingerprint density at radius 2 is 2.00 bits per heavy atom. The Labute approximate surface area is 140 Å². The molecular weight excluding hydrogens is 302 g/mol. The smallest absolute Gasteiger partial charge is 0.125 e. The molecule has 1 aliphatic rings. The van der Waals surface area contributed by atoms with Gasteiger partial charge in [-0.15, -0.1) is 5.10 Å². The van der Waals surface area contributed by atoms with Crippen molar-refractivity contribution >= 4 is 17.4 Å². The molecule has 2 aromatic rings. The highest BCUT2D eigenvalue weighted by molar-refractivity contribution is 6.08. The van der Waals surface area contributed by atoms with Crippen molar-refractivity contribution in [2.24, 2.45) is 5.73 Å². The van der Waals surface area contributed by atoms with E-state index in [9.17, 15) is 5.11 Å². The van der Waals surface area contributed by atoms with Gasteiger partial charge in [-0.3, -0.25) is 0 Å². The standard InChI is InChI=1S/C18H19N5O/c19-10-14(11-20)13-1-2-15(18(24)9-13)17-4-3-16(22-23-17)12-5-7-21-8-6-12/h1-5,9-11,19,21,24H,6-8,20H2/b14-11+,19-10?. The first kappa shape index (κ1) is 15.9. The summed E-state index contributed by atoms with van der Waals surface area (Å²) < 4.78 is 0. The van der Waals surface area contributed by atoms with Gasteiger partial charge >= 0.3 is 0 Å². The molecule has 1 aromatic carbocycles. The lowest BCUT2D eigenvalue weighted by Crippen LogP contribution is -2.20. The van der Waals surface area contributed by atoms with Crippen LogP contribution in [-0.4, -0.2) is 34.6 Å². The van der Waals surface area contributed by atoms with Gasteiger partial charge < -0.3 is 21.6 Å². The van der Waals surface area contributed by atoms with Gasteiger partial charge in [-0.25, -0.2) is 0 Å². The second-order valence-corrected chi connectivity index (χ2v) is 5.49. The average Bonchev–Trinajstić information content (AvgIpc) is 2.64. The zero-order chi connectivity index (χ0) is 16.9. The number of phenols is 1. The lowest BCUT2D eigenvalue weighted by molar-refractivity contribution is 0.477. The van der Waals surface area contributed by atoms with E-state index in [0.717, 1.165) is 31.4 Å². The number of hydrogen-bond acceptors (Lipinski definition) is 6. The van der Waals surface area contributed by atoms with Crippen molar-refractivity contribution in [1.29, 1.82) is 5.41 Å². The lowest BCUT2D eigenvalue weighted by Gasteiger charge is -2.13. The Bertz CT molecular complexity index is 809. The summed E-state index contributed by atoms with van der Waals surface area (Å²) in [5, 5.41) is 29.4. The number of benzene rings is 1. The predicted molar refractivity (Wildman–Crippen MR) is 95.5 cm³/mol. The van der Waals surface area contributed by atoms with Crippen molar-refractivity contribution in [3.63, 3.8) is 0 Å². The predicted octanol–water partition coefficient (Wildman–Crippen LogP) is 2.18. The number of nitrogens with two attached hydrogens (primary N) is 1. The highest BCUT2D eigenvalue weighted by atomic mass is 16.3. The molecule has 0 bridgehead atoms. The van der Waals surface area contributed by atoms with Crippen LogP contribution in [0.4, 0.5) is 0 Å². The zero-order valence-corrected chi connectivity index (χ0v) is 13.2. The Balaban J connectivity index is 1.89. The Morgan fingerprint density at radius 3 is 2.58 bits per heavy atom. The van der Waals surface area contributed by atoms with Gasteiger partial charge in [0.15, 0.2) is 0 Å². The molecule has 24 heavy (non-hydrogen) atoms. The average molecular weight is 321 g/mol. The summed E-state index contributed by atoms with van der Waals surface area (Å²) in [5.74, 6) is 0.0804. The summed E-state index contributed by atoms with van der Waals surface area (Å²) >= 11 is 0. The highest BCUT2D eigenvalue weighted by Crippen LogP contribution is 2.30. The summed E-state index contributed by atoms with van der Waals surface area (Å²) in [7, 11) is 0. The van der Waals surface area contributed by atoms with Gasteiger partial charge in [0, 0.05) is 30.1 Å². The molecule has 1 aromatic heterocycles. The van der Waals surface area contributed by atoms with Crippen LogP contribution in [0.2, 0.25) is 0 Å². The third kappa shape index (κ3) is 3.18. The number of aromatic hydroxyl groups is 1. The molecule has 0 saturated heterocycles. The van der Waals surface area contributed by atoms with Crippen LogP contribution < -0.4 is 11.1 Å². The zero-order valence-electron chi connectivity index (χ0n) is 13.2. The van der Waals surface area contributed by atoms with Crippen LogP contribution in [0.1, 0.15) is 17.7 Å². The van der Waals surface area contributed by atoms with Crippen LogP contribution in [0.15, 0.2) is 42.6 Å². The number of aromatic nitrogens is 2. The minimum Gasteiger partial charge on any atom is -0.507 e. The second kappa shape index (κ2) is 7.06. The molecular formula is C18H19N5O. The van der Waals surface area contributed by atoms with Crippen LogP contribution in [0.3, 0.4) is 0 Å². The third-order valence-corrected chi connectivity index (χ3v) is 4.00. The molecule has 0 aliphatic carbocycles. The fourth-order valence-corrected chi connectivity index (χ4v) is 2.66. The summed E-state index contributed by atoms with van der Waals surface area (Å²) in [5.41, 5.74) is 9.95. The molecule has 0 unspecified atom stereocenters. The minimum absolute atomic E-state index is 0.0804. The van der Waals surface area contributed by atoms with E-state index >= 15 is 0 Å². The van der Waals surface area contributed by atoms with Gasteiger partial charge in [0.25, 0.3) is 0 Å². The van der Waals surface area contributed by atoms with E-state index in [1.54, 1.807) is 18.2 Å². The normalized spacial score (nSPS) is 15.0. The van der Waals surface area contributed by atoms with E-state index in [1.165, 1.54) is 11.8 Å². The van der Waals surface area contributed by atoms with Crippen molar-refractivity contribution in [2.45, 2.75) is 6.42 Å². The number of allylic oxidation sites excluding steroid dienone is 1. The van der Waals surface area contributed by atoms with Gasteiger partial charge in [0.2, 0.25) is 0 Å². The van der Waals surface area contributed by atoms with Crippen molar-refractivity contribution in [2.75, 3.05) is 13.1 Å². The lowest BCUT2D eigenvalue weighted by atomic mass is 10.0. The van der Waals surface area contributed by atoms with Crippen LogP contribution in [0.5, 0.6) is 5.75 Å². The minimum atomic E-state index is 0.0804. The summed E-state index contributed by atoms with van der Waals surface area (Å²) in [6.45, 7) is 1.80. The van der Waals surface area contributed by atoms with Crippen molar-refractivity contribution in [1.82, 2.24) is 15.5 Å². The van der Waals surface area contributed by atoms with E-state index in [0.29, 0.717) is 22.4 Å². The fraction of sp³-hybridized carbons (Fsp3) is 0.167. The molecule has 6 heteroatoms. The van der Waals surface area contributed by atoms with Crippen molar-refractivity contribution in [3.8, 4) is 17.0 Å². The van der Waals surface area contributed by atoms with E-state index in [1.807, 2.05) is 12.1 Å². The van der Waals surface area contributed by atoms with E-state index in [-0.39, 0.29) is 5.75 Å². The van der Waals surface area contributed by atoms with Gasteiger partial charge in [-0.05, 0) is 48.4 Å². The summed E-state index contributed by atoms with van der Waals surface area (Å²) in [6.07, 6.45) is 5.54. The Hall–Kier alpha value is -2.99. The van der Waals surface area contributed by atoms with Crippen LogP contribution in [0.25, 0.3) is 22.4 Å². The maximum atomic E-state index is 10.3. The molecule has 5 N–H and O–H groups in total. The molecule has 0 atom stereocenters. The molecule has 0 amide bonds. The molecule has 0 saturated carbocycles. The van der Waals surface area contributed by atoms with Gasteiger partial charge in [-0.2, -0.15) is 5.10 Å². The van der Waals surface area contributed by atoms with E-state index in [4.69, 9.17) is 11.1 Å². The third-order valence-electron chi connectivity index (χ3n) is 4.00. The fourth-order valence-electron chi connectivity index (χ4n) is 2.66. The van der Waals surface area contributed by atoms with E-state index < -0.39 is 0 Å².